The Kier molecular flexibility index (Phi) is 5.36. The highest BCUT2D eigenvalue weighted by Gasteiger charge is 2.39. The van der Waals surface area contributed by atoms with Crippen LogP contribution in [-0.4, -0.2) is 48.3 Å². The highest BCUT2D eigenvalue weighted by atomic mass is 32.1. The van der Waals surface area contributed by atoms with Gasteiger partial charge in [0.05, 0.1) is 18.9 Å². The van der Waals surface area contributed by atoms with E-state index < -0.39 is 12.1 Å². The highest BCUT2D eigenvalue weighted by molar-refractivity contribution is 7.16. The SMILES string of the molecule is O=C(Nc1nc(-c2ccccc2)c(CN2CCOCC2)s1)C(F)(F)F. The number of morpholine rings is 1. The van der Waals surface area contributed by atoms with Gasteiger partial charge in [0, 0.05) is 30.1 Å². The van der Waals surface area contributed by atoms with Crippen LogP contribution < -0.4 is 5.32 Å². The minimum Gasteiger partial charge on any atom is -0.379 e. The van der Waals surface area contributed by atoms with Gasteiger partial charge < -0.3 is 4.74 Å². The second-order valence-corrected chi connectivity index (χ2v) is 6.58. The van der Waals surface area contributed by atoms with Crippen LogP contribution in [0.5, 0.6) is 0 Å². The fourth-order valence-electron chi connectivity index (χ4n) is 2.46. The zero-order valence-electron chi connectivity index (χ0n) is 13.2. The summed E-state index contributed by atoms with van der Waals surface area (Å²) in [5.74, 6) is -2.02. The van der Waals surface area contributed by atoms with Crippen LogP contribution >= 0.6 is 11.3 Å². The molecular formula is C16H16F3N3O2S. The molecule has 0 spiro atoms. The summed E-state index contributed by atoms with van der Waals surface area (Å²) in [6.07, 6.45) is -4.94. The largest absolute Gasteiger partial charge is 0.471 e. The number of carbonyl (C=O) groups is 1. The predicted molar refractivity (Wildman–Crippen MR) is 88.3 cm³/mol. The van der Waals surface area contributed by atoms with Crippen molar-refractivity contribution in [2.45, 2.75) is 12.7 Å². The molecular weight excluding hydrogens is 355 g/mol. The first-order chi connectivity index (χ1) is 11.9. The average molecular weight is 371 g/mol. The van der Waals surface area contributed by atoms with Crippen molar-refractivity contribution < 1.29 is 22.7 Å². The zero-order chi connectivity index (χ0) is 17.9. The van der Waals surface area contributed by atoms with Crippen LogP contribution in [0, 0.1) is 0 Å². The van der Waals surface area contributed by atoms with E-state index in [0.29, 0.717) is 25.5 Å². The minimum absolute atomic E-state index is 0.0514. The van der Waals surface area contributed by atoms with Crippen molar-refractivity contribution in [3.8, 4) is 11.3 Å². The number of amides is 1. The Labute approximate surface area is 146 Å². The lowest BCUT2D eigenvalue weighted by atomic mass is 10.1. The van der Waals surface area contributed by atoms with Gasteiger partial charge in [0.2, 0.25) is 0 Å². The van der Waals surface area contributed by atoms with Crippen LogP contribution in [0.3, 0.4) is 0 Å². The molecule has 1 amide bonds. The van der Waals surface area contributed by atoms with Gasteiger partial charge in [-0.25, -0.2) is 4.98 Å². The first kappa shape index (κ1) is 17.8. The molecule has 2 aromatic rings. The molecule has 0 saturated carbocycles. The van der Waals surface area contributed by atoms with Crippen LogP contribution in [0.1, 0.15) is 4.88 Å². The summed E-state index contributed by atoms with van der Waals surface area (Å²) in [4.78, 5) is 18.4. The smallest absolute Gasteiger partial charge is 0.379 e. The predicted octanol–water partition coefficient (Wildman–Crippen LogP) is 3.14. The van der Waals surface area contributed by atoms with Gasteiger partial charge in [-0.05, 0) is 0 Å². The summed E-state index contributed by atoms with van der Waals surface area (Å²) in [5.41, 5.74) is 1.39. The maximum absolute atomic E-state index is 12.5. The zero-order valence-corrected chi connectivity index (χ0v) is 14.0. The Morgan fingerprint density at radius 2 is 1.92 bits per heavy atom. The lowest BCUT2D eigenvalue weighted by Gasteiger charge is -2.26. The van der Waals surface area contributed by atoms with Crippen molar-refractivity contribution in [2.24, 2.45) is 0 Å². The van der Waals surface area contributed by atoms with E-state index >= 15 is 0 Å². The summed E-state index contributed by atoms with van der Waals surface area (Å²) in [6, 6.07) is 9.20. The Morgan fingerprint density at radius 1 is 1.24 bits per heavy atom. The first-order valence-electron chi connectivity index (χ1n) is 7.67. The molecule has 1 aromatic heterocycles. The summed E-state index contributed by atoms with van der Waals surface area (Å²) >= 11 is 1.07. The van der Waals surface area contributed by atoms with Crippen LogP contribution in [0.25, 0.3) is 11.3 Å². The molecule has 0 aliphatic carbocycles. The van der Waals surface area contributed by atoms with E-state index in [1.165, 1.54) is 0 Å². The van der Waals surface area contributed by atoms with Crippen LogP contribution in [0.4, 0.5) is 18.3 Å². The molecule has 9 heteroatoms. The van der Waals surface area contributed by atoms with E-state index in [4.69, 9.17) is 4.74 Å². The molecule has 2 heterocycles. The van der Waals surface area contributed by atoms with Gasteiger partial charge in [-0.1, -0.05) is 41.7 Å². The normalized spacial score (nSPS) is 16.0. The van der Waals surface area contributed by atoms with Crippen LogP contribution in [0.15, 0.2) is 30.3 Å². The number of aromatic nitrogens is 1. The Hall–Kier alpha value is -1.97. The fourth-order valence-corrected chi connectivity index (χ4v) is 3.49. The number of nitrogens with one attached hydrogen (secondary N) is 1. The first-order valence-corrected chi connectivity index (χ1v) is 8.48. The second kappa shape index (κ2) is 7.51. The van der Waals surface area contributed by atoms with E-state index in [1.807, 2.05) is 35.6 Å². The van der Waals surface area contributed by atoms with Crippen molar-refractivity contribution in [3.05, 3.63) is 35.2 Å². The second-order valence-electron chi connectivity index (χ2n) is 5.50. The number of halogens is 3. The molecule has 1 aromatic carbocycles. The van der Waals surface area contributed by atoms with Gasteiger partial charge in [-0.3, -0.25) is 15.0 Å². The van der Waals surface area contributed by atoms with Crippen LogP contribution in [0.2, 0.25) is 0 Å². The third kappa shape index (κ3) is 4.56. The van der Waals surface area contributed by atoms with Crippen molar-refractivity contribution >= 4 is 22.4 Å². The number of rotatable bonds is 4. The number of thiazole rings is 1. The van der Waals surface area contributed by atoms with Crippen LogP contribution in [-0.2, 0) is 16.1 Å². The number of carbonyl (C=O) groups excluding carboxylic acids is 1. The van der Waals surface area contributed by atoms with Crippen molar-refractivity contribution in [1.82, 2.24) is 9.88 Å². The molecule has 1 aliphatic rings. The number of benzene rings is 1. The molecule has 1 fully saturated rings. The third-order valence-electron chi connectivity index (χ3n) is 3.69. The summed E-state index contributed by atoms with van der Waals surface area (Å²) in [6.45, 7) is 3.29. The highest BCUT2D eigenvalue weighted by Crippen LogP contribution is 2.33. The number of nitrogens with zero attached hydrogens (tertiary/aromatic N) is 2. The summed E-state index contributed by atoms with van der Waals surface area (Å²) < 4.78 is 42.8. The van der Waals surface area contributed by atoms with E-state index in [1.54, 1.807) is 0 Å². The molecule has 3 rings (SSSR count). The molecule has 25 heavy (non-hydrogen) atoms. The van der Waals surface area contributed by atoms with E-state index in [9.17, 15) is 18.0 Å². The van der Waals surface area contributed by atoms with Crippen molar-refractivity contribution in [1.29, 1.82) is 0 Å². The third-order valence-corrected chi connectivity index (χ3v) is 4.65. The maximum Gasteiger partial charge on any atom is 0.471 e. The maximum atomic E-state index is 12.5. The molecule has 0 radical (unpaired) electrons. The quantitative estimate of drug-likeness (QED) is 0.897. The van der Waals surface area contributed by atoms with Crippen molar-refractivity contribution in [2.75, 3.05) is 31.6 Å². The van der Waals surface area contributed by atoms with Gasteiger partial charge in [-0.2, -0.15) is 13.2 Å². The standard InChI is InChI=1S/C16H16F3N3O2S/c17-16(18,19)14(23)21-15-20-13(11-4-2-1-3-5-11)12(25-15)10-22-6-8-24-9-7-22/h1-5H,6-10H2,(H,20,21,23). The summed E-state index contributed by atoms with van der Waals surface area (Å²) in [7, 11) is 0. The number of ether oxygens (including phenoxy) is 1. The van der Waals surface area contributed by atoms with Gasteiger partial charge in [0.25, 0.3) is 0 Å². The number of hydrogen-bond donors (Lipinski definition) is 1. The molecule has 0 atom stereocenters. The van der Waals surface area contributed by atoms with E-state index in [-0.39, 0.29) is 5.13 Å². The topological polar surface area (TPSA) is 54.5 Å². The molecule has 0 unspecified atom stereocenters. The lowest BCUT2D eigenvalue weighted by Crippen LogP contribution is -2.35. The number of anilines is 1. The Balaban J connectivity index is 1.87. The molecule has 1 aliphatic heterocycles. The number of alkyl halides is 3. The van der Waals surface area contributed by atoms with E-state index in [0.717, 1.165) is 34.9 Å². The average Bonchev–Trinajstić information content (AvgIpc) is 2.98. The van der Waals surface area contributed by atoms with Gasteiger partial charge in [0.1, 0.15) is 0 Å². The fraction of sp³-hybridized carbons (Fsp3) is 0.375. The summed E-state index contributed by atoms with van der Waals surface area (Å²) in [5, 5.41) is 1.80. The molecule has 134 valence electrons. The number of hydrogen-bond acceptors (Lipinski definition) is 5. The molecule has 1 N–H and O–H groups in total. The van der Waals surface area contributed by atoms with Crippen molar-refractivity contribution in [3.63, 3.8) is 0 Å². The van der Waals surface area contributed by atoms with Gasteiger partial charge in [-0.15, -0.1) is 0 Å². The molecule has 1 saturated heterocycles. The van der Waals surface area contributed by atoms with Gasteiger partial charge in [0.15, 0.2) is 5.13 Å². The molecule has 5 nitrogen and oxygen atoms in total. The lowest BCUT2D eigenvalue weighted by molar-refractivity contribution is -0.167. The monoisotopic (exact) mass is 371 g/mol. The van der Waals surface area contributed by atoms with Gasteiger partial charge >= 0.3 is 12.1 Å². The minimum atomic E-state index is -4.94. The Bertz CT molecular complexity index is 728. The Morgan fingerprint density at radius 3 is 2.56 bits per heavy atom. The molecule has 0 bridgehead atoms. The van der Waals surface area contributed by atoms with E-state index in [2.05, 4.69) is 9.88 Å².